The third kappa shape index (κ3) is 3.96. The van der Waals surface area contributed by atoms with Crippen molar-refractivity contribution in [2.75, 3.05) is 19.6 Å². The molecule has 1 rings (SSSR count). The zero-order valence-corrected chi connectivity index (χ0v) is 13.3. The molecule has 0 bridgehead atoms. The Morgan fingerprint density at radius 2 is 1.83 bits per heavy atom. The van der Waals surface area contributed by atoms with Crippen LogP contribution < -0.4 is 5.73 Å². The van der Waals surface area contributed by atoms with E-state index in [9.17, 15) is 0 Å². The van der Waals surface area contributed by atoms with Crippen molar-refractivity contribution in [3.05, 3.63) is 0 Å². The Morgan fingerprint density at radius 3 is 2.22 bits per heavy atom. The smallest absolute Gasteiger partial charge is 0.0303 e. The van der Waals surface area contributed by atoms with Crippen LogP contribution in [0.4, 0.5) is 0 Å². The summed E-state index contributed by atoms with van der Waals surface area (Å²) < 4.78 is 0. The van der Waals surface area contributed by atoms with Crippen LogP contribution in [0.5, 0.6) is 0 Å². The van der Waals surface area contributed by atoms with Gasteiger partial charge in [-0.25, -0.2) is 0 Å². The molecule has 0 saturated carbocycles. The number of rotatable bonds is 6. The molecular formula is C16H34N2. The van der Waals surface area contributed by atoms with Gasteiger partial charge in [0.05, 0.1) is 0 Å². The maximum Gasteiger partial charge on any atom is 0.0303 e. The molecule has 2 nitrogen and oxygen atoms in total. The molecule has 0 amide bonds. The minimum atomic E-state index is 0.222. The summed E-state index contributed by atoms with van der Waals surface area (Å²) in [5.74, 6) is 0.779. The largest absolute Gasteiger partial charge is 0.329 e. The highest BCUT2D eigenvalue weighted by atomic mass is 15.2. The van der Waals surface area contributed by atoms with E-state index in [0.29, 0.717) is 5.41 Å². The molecule has 1 heterocycles. The summed E-state index contributed by atoms with van der Waals surface area (Å²) in [5.41, 5.74) is 6.88. The number of likely N-dealkylation sites (tertiary alicyclic amines) is 1. The van der Waals surface area contributed by atoms with Crippen molar-refractivity contribution < 1.29 is 0 Å². The molecule has 1 aliphatic heterocycles. The molecule has 0 aromatic carbocycles. The van der Waals surface area contributed by atoms with E-state index >= 15 is 0 Å². The van der Waals surface area contributed by atoms with Gasteiger partial charge in [0.15, 0.2) is 0 Å². The first-order valence-corrected chi connectivity index (χ1v) is 7.80. The zero-order valence-electron chi connectivity index (χ0n) is 13.3. The maximum absolute atomic E-state index is 6.08. The first-order valence-electron chi connectivity index (χ1n) is 7.80. The standard InChI is InChI=1S/C16H34N2/c1-6-15(4)9-11-18(12-10-15)16(5,13-17)8-7-14(2)3/h14H,6-13,17H2,1-5H3. The summed E-state index contributed by atoms with van der Waals surface area (Å²) in [6, 6.07) is 0. The molecule has 1 atom stereocenters. The highest BCUT2D eigenvalue weighted by molar-refractivity contribution is 4.92. The fourth-order valence-electron chi connectivity index (χ4n) is 2.93. The quantitative estimate of drug-likeness (QED) is 0.784. The van der Waals surface area contributed by atoms with E-state index in [4.69, 9.17) is 5.73 Å². The molecule has 0 aromatic rings. The number of hydrogen-bond acceptors (Lipinski definition) is 2. The van der Waals surface area contributed by atoms with Crippen molar-refractivity contribution in [2.24, 2.45) is 17.1 Å². The lowest BCUT2D eigenvalue weighted by atomic mass is 9.76. The van der Waals surface area contributed by atoms with Gasteiger partial charge < -0.3 is 5.73 Å². The van der Waals surface area contributed by atoms with E-state index in [1.54, 1.807) is 0 Å². The minimum absolute atomic E-state index is 0.222. The molecule has 2 N–H and O–H groups in total. The summed E-state index contributed by atoms with van der Waals surface area (Å²) in [5, 5.41) is 0. The lowest BCUT2D eigenvalue weighted by Gasteiger charge is -2.48. The molecule has 1 saturated heterocycles. The Hall–Kier alpha value is -0.0800. The van der Waals surface area contributed by atoms with E-state index in [-0.39, 0.29) is 5.54 Å². The highest BCUT2D eigenvalue weighted by Gasteiger charge is 2.36. The average Bonchev–Trinajstić information content (AvgIpc) is 2.37. The van der Waals surface area contributed by atoms with Crippen LogP contribution in [0.15, 0.2) is 0 Å². The van der Waals surface area contributed by atoms with E-state index in [1.165, 1.54) is 45.2 Å². The minimum Gasteiger partial charge on any atom is -0.329 e. The molecule has 2 heteroatoms. The van der Waals surface area contributed by atoms with Crippen LogP contribution in [0, 0.1) is 11.3 Å². The van der Waals surface area contributed by atoms with Gasteiger partial charge in [0.2, 0.25) is 0 Å². The van der Waals surface area contributed by atoms with Gasteiger partial charge >= 0.3 is 0 Å². The van der Waals surface area contributed by atoms with Gasteiger partial charge in [0.25, 0.3) is 0 Å². The molecule has 18 heavy (non-hydrogen) atoms. The second kappa shape index (κ2) is 6.38. The molecule has 0 radical (unpaired) electrons. The summed E-state index contributed by atoms with van der Waals surface area (Å²) in [6.45, 7) is 15.0. The molecular weight excluding hydrogens is 220 g/mol. The van der Waals surface area contributed by atoms with Crippen molar-refractivity contribution in [1.82, 2.24) is 4.90 Å². The van der Waals surface area contributed by atoms with Gasteiger partial charge in [0.1, 0.15) is 0 Å². The molecule has 108 valence electrons. The number of nitrogens with two attached hydrogens (primary N) is 1. The van der Waals surface area contributed by atoms with E-state index in [1.807, 2.05) is 0 Å². The van der Waals surface area contributed by atoms with Crippen LogP contribution in [-0.4, -0.2) is 30.1 Å². The molecule has 1 unspecified atom stereocenters. The first kappa shape index (κ1) is 16.0. The second-order valence-electron chi connectivity index (χ2n) is 7.28. The monoisotopic (exact) mass is 254 g/mol. The number of nitrogens with zero attached hydrogens (tertiary/aromatic N) is 1. The van der Waals surface area contributed by atoms with E-state index in [2.05, 4.69) is 39.5 Å². The van der Waals surface area contributed by atoms with Gasteiger partial charge in [-0.05, 0) is 57.0 Å². The van der Waals surface area contributed by atoms with E-state index < -0.39 is 0 Å². The topological polar surface area (TPSA) is 29.3 Å². The lowest BCUT2D eigenvalue weighted by Crippen LogP contribution is -2.55. The Kier molecular flexibility index (Phi) is 5.67. The highest BCUT2D eigenvalue weighted by Crippen LogP contribution is 2.37. The summed E-state index contributed by atoms with van der Waals surface area (Å²) in [6.07, 6.45) is 6.51. The van der Waals surface area contributed by atoms with Gasteiger partial charge in [-0.1, -0.05) is 34.1 Å². The van der Waals surface area contributed by atoms with Crippen LogP contribution in [0.1, 0.15) is 66.7 Å². The Balaban J connectivity index is 2.56. The first-order chi connectivity index (χ1) is 8.35. The van der Waals surface area contributed by atoms with Crippen LogP contribution >= 0.6 is 0 Å². The van der Waals surface area contributed by atoms with Crippen LogP contribution in [0.2, 0.25) is 0 Å². The van der Waals surface area contributed by atoms with Gasteiger partial charge in [-0.2, -0.15) is 0 Å². The lowest BCUT2D eigenvalue weighted by molar-refractivity contribution is 0.0271. The van der Waals surface area contributed by atoms with Gasteiger partial charge in [-0.15, -0.1) is 0 Å². The SMILES string of the molecule is CCC1(C)CCN(C(C)(CN)CCC(C)C)CC1. The summed E-state index contributed by atoms with van der Waals surface area (Å²) >= 11 is 0. The summed E-state index contributed by atoms with van der Waals surface area (Å²) in [7, 11) is 0. The summed E-state index contributed by atoms with van der Waals surface area (Å²) in [4.78, 5) is 2.66. The third-order valence-electron chi connectivity index (χ3n) is 5.29. The molecule has 1 fully saturated rings. The van der Waals surface area contributed by atoms with Crippen molar-refractivity contribution in [2.45, 2.75) is 72.3 Å². The fraction of sp³-hybridized carbons (Fsp3) is 1.00. The van der Waals surface area contributed by atoms with Crippen LogP contribution in [0.3, 0.4) is 0 Å². The van der Waals surface area contributed by atoms with Crippen molar-refractivity contribution in [3.8, 4) is 0 Å². The molecule has 0 aromatic heterocycles. The molecule has 1 aliphatic rings. The molecule has 0 spiro atoms. The van der Waals surface area contributed by atoms with E-state index in [0.717, 1.165) is 12.5 Å². The maximum atomic E-state index is 6.08. The Bertz CT molecular complexity index is 241. The number of piperidine rings is 1. The number of hydrogen-bond donors (Lipinski definition) is 1. The fourth-order valence-corrected chi connectivity index (χ4v) is 2.93. The Morgan fingerprint density at radius 1 is 1.28 bits per heavy atom. The predicted molar refractivity (Wildman–Crippen MR) is 80.7 cm³/mol. The third-order valence-corrected chi connectivity index (χ3v) is 5.29. The predicted octanol–water partition coefficient (Wildman–Crippen LogP) is 3.65. The average molecular weight is 254 g/mol. The van der Waals surface area contributed by atoms with Crippen molar-refractivity contribution in [3.63, 3.8) is 0 Å². The van der Waals surface area contributed by atoms with Crippen molar-refractivity contribution >= 4 is 0 Å². The molecule has 0 aliphatic carbocycles. The zero-order chi connectivity index (χ0) is 13.8. The van der Waals surface area contributed by atoms with Crippen LogP contribution in [-0.2, 0) is 0 Å². The second-order valence-corrected chi connectivity index (χ2v) is 7.28. The normalized spacial score (nSPS) is 24.2. The van der Waals surface area contributed by atoms with Crippen molar-refractivity contribution in [1.29, 1.82) is 0 Å². The van der Waals surface area contributed by atoms with Gasteiger partial charge in [0, 0.05) is 12.1 Å². The Labute approximate surface area is 114 Å². The van der Waals surface area contributed by atoms with Gasteiger partial charge in [-0.3, -0.25) is 4.90 Å². The van der Waals surface area contributed by atoms with Crippen LogP contribution in [0.25, 0.3) is 0 Å².